The highest BCUT2D eigenvalue weighted by Gasteiger charge is 2.52. The van der Waals surface area contributed by atoms with E-state index >= 15 is 4.39 Å². The summed E-state index contributed by atoms with van der Waals surface area (Å²) in [6, 6.07) is 10.6. The summed E-state index contributed by atoms with van der Waals surface area (Å²) in [6.07, 6.45) is 3.55. The molecule has 12 heteroatoms. The number of nitrogens with one attached hydrogen (secondary N) is 1. The number of ether oxygens (including phenoxy) is 1. The van der Waals surface area contributed by atoms with Gasteiger partial charge in [0.15, 0.2) is 0 Å². The fourth-order valence-electron chi connectivity index (χ4n) is 6.50. The summed E-state index contributed by atoms with van der Waals surface area (Å²) in [7, 11) is 0. The monoisotopic (exact) mass is 618 g/mol. The number of rotatable bonds is 6. The van der Waals surface area contributed by atoms with Crippen molar-refractivity contribution in [3.8, 4) is 16.5 Å². The van der Waals surface area contributed by atoms with Crippen molar-refractivity contribution >= 4 is 29.2 Å². The Morgan fingerprint density at radius 3 is 2.75 bits per heavy atom. The lowest BCUT2D eigenvalue weighted by atomic mass is 9.97. The van der Waals surface area contributed by atoms with Crippen LogP contribution in [0, 0.1) is 23.1 Å². The number of carbonyl (C=O) groups is 3. The first-order valence-corrected chi connectivity index (χ1v) is 15.7. The van der Waals surface area contributed by atoms with E-state index in [1.54, 1.807) is 50.1 Å². The molecule has 10 nitrogen and oxygen atoms in total. The summed E-state index contributed by atoms with van der Waals surface area (Å²) in [5.74, 6) is -0.985. The van der Waals surface area contributed by atoms with Crippen molar-refractivity contribution < 1.29 is 23.5 Å². The van der Waals surface area contributed by atoms with E-state index in [1.807, 2.05) is 16.8 Å². The molecular formula is C32H35FN6O4S. The van der Waals surface area contributed by atoms with Crippen LogP contribution in [0.5, 0.6) is 0 Å². The Morgan fingerprint density at radius 1 is 1.18 bits per heavy atom. The molecule has 0 unspecified atom stereocenters. The van der Waals surface area contributed by atoms with Gasteiger partial charge in [-0.1, -0.05) is 12.1 Å². The SMILES string of the molecule is CC(C)(C)OC(=O)N1[C@@H]2CC[C@@H](C2)[C@H]1C(=O)N[C@H](C#N)Cc1ccc(-c2ccc(C(=O)N3CCn4nccc4C3)s2)cc1F. The highest BCUT2D eigenvalue weighted by atomic mass is 32.1. The molecule has 4 atom stereocenters. The summed E-state index contributed by atoms with van der Waals surface area (Å²) in [6.45, 7) is 7.05. The number of halogens is 1. The second-order valence-corrected chi connectivity index (χ2v) is 13.8. The Labute approximate surface area is 259 Å². The van der Waals surface area contributed by atoms with Crippen LogP contribution >= 0.6 is 11.3 Å². The first-order valence-electron chi connectivity index (χ1n) is 14.9. The number of carbonyl (C=O) groups excluding carboxylic acids is 3. The number of thiophene rings is 1. The lowest BCUT2D eigenvalue weighted by Crippen LogP contribution is -2.55. The average molecular weight is 619 g/mol. The molecule has 2 aliphatic heterocycles. The summed E-state index contributed by atoms with van der Waals surface area (Å²) < 4.78 is 22.8. The number of likely N-dealkylation sites (tertiary alicyclic amines) is 1. The molecule has 44 heavy (non-hydrogen) atoms. The summed E-state index contributed by atoms with van der Waals surface area (Å²) in [5, 5.41) is 16.8. The van der Waals surface area contributed by atoms with Crippen LogP contribution in [-0.4, -0.2) is 67.8 Å². The maximum atomic E-state index is 15.3. The Hall–Kier alpha value is -4.24. The van der Waals surface area contributed by atoms with Gasteiger partial charge in [0, 0.05) is 30.1 Å². The first kappa shape index (κ1) is 29.8. The lowest BCUT2D eigenvalue weighted by Gasteiger charge is -2.35. The number of hydrogen-bond acceptors (Lipinski definition) is 7. The largest absolute Gasteiger partial charge is 0.444 e. The minimum Gasteiger partial charge on any atom is -0.444 e. The standard InChI is InChI=1S/C32H35FN6O4S/c1-32(2,3)43-31(42)39-23-7-6-21(15-23)28(39)29(40)36-22(17-34)14-19-4-5-20(16-25(19)33)26-8-9-27(44-26)30(41)37-12-13-38-24(18-37)10-11-35-38/h4-5,8-11,16,21-23,28H,6-7,12-15,18H2,1-3H3,(H,36,40)/t21-,22-,23+,28-/m0/s1. The zero-order chi connectivity index (χ0) is 31.2. The van der Waals surface area contributed by atoms with E-state index in [0.717, 1.165) is 29.8 Å². The third-order valence-electron chi connectivity index (χ3n) is 8.54. The summed E-state index contributed by atoms with van der Waals surface area (Å²) >= 11 is 1.31. The molecular weight excluding hydrogens is 583 g/mol. The van der Waals surface area contributed by atoms with E-state index in [0.29, 0.717) is 30.1 Å². The number of piperidine rings is 1. The molecule has 1 saturated carbocycles. The number of aromatic nitrogens is 2. The van der Waals surface area contributed by atoms with Crippen LogP contribution in [0.4, 0.5) is 9.18 Å². The Bertz CT molecular complexity index is 1640. The molecule has 3 aromatic rings. The minimum atomic E-state index is -0.978. The van der Waals surface area contributed by atoms with Crippen molar-refractivity contribution in [2.75, 3.05) is 6.54 Å². The molecule has 2 aromatic heterocycles. The minimum absolute atomic E-state index is 0.00358. The van der Waals surface area contributed by atoms with Gasteiger partial charge < -0.3 is 15.0 Å². The van der Waals surface area contributed by atoms with Gasteiger partial charge in [-0.25, -0.2) is 9.18 Å². The summed E-state index contributed by atoms with van der Waals surface area (Å²) in [5.41, 5.74) is 1.20. The summed E-state index contributed by atoms with van der Waals surface area (Å²) in [4.78, 5) is 44.1. The Balaban J connectivity index is 1.10. The quantitative estimate of drug-likeness (QED) is 0.426. The van der Waals surface area contributed by atoms with Crippen LogP contribution in [0.25, 0.3) is 10.4 Å². The fourth-order valence-corrected chi connectivity index (χ4v) is 7.47. The molecule has 1 aromatic carbocycles. The van der Waals surface area contributed by atoms with Gasteiger partial charge >= 0.3 is 6.09 Å². The number of benzene rings is 1. The fraction of sp³-hybridized carbons (Fsp3) is 0.469. The highest BCUT2D eigenvalue weighted by molar-refractivity contribution is 7.17. The normalized spacial score (nSPS) is 21.5. The Morgan fingerprint density at radius 2 is 2.00 bits per heavy atom. The van der Waals surface area contributed by atoms with Gasteiger partial charge in [-0.05, 0) is 81.3 Å². The van der Waals surface area contributed by atoms with Gasteiger partial charge in [-0.3, -0.25) is 19.2 Å². The van der Waals surface area contributed by atoms with E-state index < -0.39 is 35.5 Å². The van der Waals surface area contributed by atoms with Crippen molar-refractivity contribution in [2.45, 2.75) is 83.3 Å². The molecule has 3 aliphatic rings. The highest BCUT2D eigenvalue weighted by Crippen LogP contribution is 2.43. The van der Waals surface area contributed by atoms with Crippen molar-refractivity contribution in [3.63, 3.8) is 0 Å². The molecule has 0 radical (unpaired) electrons. The van der Waals surface area contributed by atoms with E-state index in [-0.39, 0.29) is 29.9 Å². The van der Waals surface area contributed by atoms with E-state index in [9.17, 15) is 19.6 Å². The second kappa shape index (κ2) is 11.7. The zero-order valence-electron chi connectivity index (χ0n) is 25.0. The van der Waals surface area contributed by atoms with Crippen LogP contribution in [0.2, 0.25) is 0 Å². The number of amides is 3. The lowest BCUT2D eigenvalue weighted by molar-refractivity contribution is -0.128. The molecule has 4 heterocycles. The van der Waals surface area contributed by atoms with E-state index in [4.69, 9.17) is 4.74 Å². The average Bonchev–Trinajstić information content (AvgIpc) is 3.79. The second-order valence-electron chi connectivity index (χ2n) is 12.7. The van der Waals surface area contributed by atoms with Crippen LogP contribution in [0.1, 0.15) is 61.0 Å². The van der Waals surface area contributed by atoms with Gasteiger partial charge in [-0.15, -0.1) is 11.3 Å². The number of fused-ring (bicyclic) bond motifs is 3. The Kier molecular flexibility index (Phi) is 7.92. The molecule has 2 fully saturated rings. The molecule has 0 spiro atoms. The van der Waals surface area contributed by atoms with Gasteiger partial charge in [0.25, 0.3) is 5.91 Å². The van der Waals surface area contributed by atoms with Gasteiger partial charge in [0.1, 0.15) is 23.5 Å². The maximum absolute atomic E-state index is 15.3. The van der Waals surface area contributed by atoms with Crippen molar-refractivity contribution in [1.82, 2.24) is 24.9 Å². The third kappa shape index (κ3) is 5.93. The third-order valence-corrected chi connectivity index (χ3v) is 9.66. The molecule has 230 valence electrons. The zero-order valence-corrected chi connectivity index (χ0v) is 25.8. The smallest absolute Gasteiger partial charge is 0.411 e. The maximum Gasteiger partial charge on any atom is 0.411 e. The molecule has 1 aliphatic carbocycles. The van der Waals surface area contributed by atoms with E-state index in [2.05, 4.69) is 16.5 Å². The van der Waals surface area contributed by atoms with Gasteiger partial charge in [-0.2, -0.15) is 10.4 Å². The number of nitrogens with zero attached hydrogens (tertiary/aromatic N) is 5. The molecule has 1 saturated heterocycles. The molecule has 6 rings (SSSR count). The predicted octanol–water partition coefficient (Wildman–Crippen LogP) is 4.75. The topological polar surface area (TPSA) is 121 Å². The first-order chi connectivity index (χ1) is 21.0. The number of nitriles is 1. The molecule has 1 N–H and O–H groups in total. The van der Waals surface area contributed by atoms with Crippen LogP contribution in [0.3, 0.4) is 0 Å². The van der Waals surface area contributed by atoms with Crippen LogP contribution in [-0.2, 0) is 29.0 Å². The van der Waals surface area contributed by atoms with Crippen LogP contribution < -0.4 is 5.32 Å². The van der Waals surface area contributed by atoms with Gasteiger partial charge in [0.05, 0.1) is 29.7 Å². The molecule has 3 amide bonds. The van der Waals surface area contributed by atoms with Crippen molar-refractivity contribution in [2.24, 2.45) is 5.92 Å². The van der Waals surface area contributed by atoms with E-state index in [1.165, 1.54) is 22.3 Å². The van der Waals surface area contributed by atoms with Crippen LogP contribution in [0.15, 0.2) is 42.6 Å². The molecule has 2 bridgehead atoms. The van der Waals surface area contributed by atoms with Crippen molar-refractivity contribution in [1.29, 1.82) is 5.26 Å². The predicted molar refractivity (Wildman–Crippen MR) is 161 cm³/mol. The van der Waals surface area contributed by atoms with Gasteiger partial charge in [0.2, 0.25) is 5.91 Å². The number of hydrogen-bond donors (Lipinski definition) is 1. The van der Waals surface area contributed by atoms with Crippen molar-refractivity contribution in [3.05, 3.63) is 64.5 Å².